The summed E-state index contributed by atoms with van der Waals surface area (Å²) in [6, 6.07) is 10.6. The molecule has 0 aliphatic carbocycles. The Morgan fingerprint density at radius 1 is 1.18 bits per heavy atom. The van der Waals surface area contributed by atoms with Gasteiger partial charge in [0.2, 0.25) is 0 Å². The van der Waals surface area contributed by atoms with E-state index in [-0.39, 0.29) is 22.9 Å². The second-order valence-electron chi connectivity index (χ2n) is 8.06. The topological polar surface area (TPSA) is 122 Å². The molecule has 3 heterocycles. The molecule has 0 unspecified atom stereocenters. The lowest BCUT2D eigenvalue weighted by molar-refractivity contribution is 0.152. The zero-order chi connectivity index (χ0) is 23.8. The van der Waals surface area contributed by atoms with Crippen molar-refractivity contribution in [1.29, 1.82) is 5.26 Å². The van der Waals surface area contributed by atoms with E-state index in [9.17, 15) is 15.2 Å². The van der Waals surface area contributed by atoms with Gasteiger partial charge in [0.05, 0.1) is 30.9 Å². The molecule has 1 aliphatic heterocycles. The summed E-state index contributed by atoms with van der Waals surface area (Å²) in [5.41, 5.74) is 1.20. The molecular weight excluding hydrogens is 436 g/mol. The number of anilines is 1. The molecule has 2 aromatic heterocycles. The normalized spacial score (nSPS) is 14.2. The fourth-order valence-corrected chi connectivity index (χ4v) is 4.44. The van der Waals surface area contributed by atoms with Crippen LogP contribution in [0, 0.1) is 18.3 Å². The monoisotopic (exact) mass is 458 g/mol. The maximum Gasteiger partial charge on any atom is 0.349 e. The summed E-state index contributed by atoms with van der Waals surface area (Å²) in [5.74, 6) is 0.659. The van der Waals surface area contributed by atoms with Gasteiger partial charge < -0.3 is 23.9 Å². The SMILES string of the molecule is COc1nc(N2CCCOCC2)c2c(=O)oc(-c3cc(O)cc4cccc(C#N)c34)c(C)c2n1. The van der Waals surface area contributed by atoms with Gasteiger partial charge in [0.25, 0.3) is 0 Å². The lowest BCUT2D eigenvalue weighted by Crippen LogP contribution is -2.28. The largest absolute Gasteiger partial charge is 0.508 e. The smallest absolute Gasteiger partial charge is 0.349 e. The Kier molecular flexibility index (Phi) is 5.51. The molecule has 0 atom stereocenters. The van der Waals surface area contributed by atoms with Crippen LogP contribution in [-0.2, 0) is 4.74 Å². The fourth-order valence-electron chi connectivity index (χ4n) is 4.44. The van der Waals surface area contributed by atoms with Crippen LogP contribution in [-0.4, -0.2) is 48.5 Å². The highest BCUT2D eigenvalue weighted by atomic mass is 16.5. The quantitative estimate of drug-likeness (QED) is 0.491. The van der Waals surface area contributed by atoms with Crippen LogP contribution in [0.2, 0.25) is 0 Å². The van der Waals surface area contributed by atoms with Gasteiger partial charge in [0.1, 0.15) is 16.9 Å². The molecule has 0 saturated carbocycles. The zero-order valence-corrected chi connectivity index (χ0v) is 18.8. The number of aromatic nitrogens is 2. The van der Waals surface area contributed by atoms with Crippen molar-refractivity contribution in [3.05, 3.63) is 51.9 Å². The Hall–Kier alpha value is -4.16. The van der Waals surface area contributed by atoms with Crippen molar-refractivity contribution in [1.82, 2.24) is 9.97 Å². The zero-order valence-electron chi connectivity index (χ0n) is 18.8. The van der Waals surface area contributed by atoms with Crippen LogP contribution in [0.15, 0.2) is 39.5 Å². The summed E-state index contributed by atoms with van der Waals surface area (Å²) >= 11 is 0. The number of hydrogen-bond acceptors (Lipinski definition) is 9. The predicted molar refractivity (Wildman–Crippen MR) is 126 cm³/mol. The number of ether oxygens (including phenoxy) is 2. The minimum atomic E-state index is -0.607. The molecule has 34 heavy (non-hydrogen) atoms. The minimum Gasteiger partial charge on any atom is -0.508 e. The second kappa shape index (κ2) is 8.65. The molecule has 1 aliphatic rings. The van der Waals surface area contributed by atoms with E-state index in [1.807, 2.05) is 4.90 Å². The van der Waals surface area contributed by atoms with Gasteiger partial charge in [-0.2, -0.15) is 15.2 Å². The number of nitriles is 1. The summed E-state index contributed by atoms with van der Waals surface area (Å²) in [5, 5.41) is 21.5. The van der Waals surface area contributed by atoms with Crippen molar-refractivity contribution in [2.24, 2.45) is 0 Å². The standard InChI is InChI=1S/C25H22N4O5/c1-14-21-20(23(28-25(27-21)32-2)29-7-4-9-33-10-8-29)24(31)34-22(14)18-12-17(30)11-15-5-3-6-16(13-26)19(15)18/h3,5-6,11-12,30H,4,7-10H2,1-2H3. The maximum absolute atomic E-state index is 13.4. The van der Waals surface area contributed by atoms with Gasteiger partial charge in [-0.1, -0.05) is 12.1 Å². The molecule has 0 spiro atoms. The van der Waals surface area contributed by atoms with Crippen molar-refractivity contribution in [2.75, 3.05) is 38.3 Å². The van der Waals surface area contributed by atoms with E-state index in [2.05, 4.69) is 16.0 Å². The van der Waals surface area contributed by atoms with E-state index < -0.39 is 5.63 Å². The minimum absolute atomic E-state index is 0.00902. The van der Waals surface area contributed by atoms with Gasteiger partial charge in [-0.15, -0.1) is 0 Å². The summed E-state index contributed by atoms with van der Waals surface area (Å²) in [6.45, 7) is 4.17. The maximum atomic E-state index is 13.4. The molecule has 9 heteroatoms. The third-order valence-electron chi connectivity index (χ3n) is 6.00. The Morgan fingerprint density at radius 3 is 2.82 bits per heavy atom. The van der Waals surface area contributed by atoms with Crippen LogP contribution in [0.25, 0.3) is 33.0 Å². The van der Waals surface area contributed by atoms with Crippen molar-refractivity contribution >= 4 is 27.5 Å². The number of fused-ring (bicyclic) bond motifs is 2. The summed E-state index contributed by atoms with van der Waals surface area (Å²) < 4.78 is 16.8. The Balaban J connectivity index is 1.83. The van der Waals surface area contributed by atoms with Gasteiger partial charge in [0, 0.05) is 36.2 Å². The van der Waals surface area contributed by atoms with Gasteiger partial charge in [-0.05, 0) is 36.9 Å². The molecule has 5 rings (SSSR count). The molecular formula is C25H22N4O5. The first-order chi connectivity index (χ1) is 16.5. The third-order valence-corrected chi connectivity index (χ3v) is 6.00. The van der Waals surface area contributed by atoms with E-state index >= 15 is 0 Å². The molecule has 172 valence electrons. The lowest BCUT2D eigenvalue weighted by Gasteiger charge is -2.22. The molecule has 0 radical (unpaired) electrons. The summed E-state index contributed by atoms with van der Waals surface area (Å²) in [4.78, 5) is 24.3. The Labute approximate surface area is 194 Å². The average Bonchev–Trinajstić information content (AvgIpc) is 3.14. The molecule has 1 N–H and O–H groups in total. The van der Waals surface area contributed by atoms with Crippen LogP contribution in [0.1, 0.15) is 17.5 Å². The molecule has 2 aromatic carbocycles. The van der Waals surface area contributed by atoms with Crippen molar-refractivity contribution in [3.8, 4) is 29.2 Å². The lowest BCUT2D eigenvalue weighted by atomic mass is 9.95. The highest BCUT2D eigenvalue weighted by Gasteiger charge is 2.24. The first kappa shape index (κ1) is 21.7. The number of aromatic hydroxyl groups is 1. The van der Waals surface area contributed by atoms with E-state index in [4.69, 9.17) is 13.9 Å². The molecule has 0 amide bonds. The van der Waals surface area contributed by atoms with Crippen LogP contribution in [0.5, 0.6) is 11.8 Å². The van der Waals surface area contributed by atoms with Crippen LogP contribution in [0.3, 0.4) is 0 Å². The van der Waals surface area contributed by atoms with Crippen LogP contribution < -0.4 is 15.3 Å². The summed E-state index contributed by atoms with van der Waals surface area (Å²) in [6.07, 6.45) is 0.794. The van der Waals surface area contributed by atoms with E-state index in [1.54, 1.807) is 31.2 Å². The van der Waals surface area contributed by atoms with Gasteiger partial charge in [-0.25, -0.2) is 4.79 Å². The molecule has 0 bridgehead atoms. The number of rotatable bonds is 3. The summed E-state index contributed by atoms with van der Waals surface area (Å²) in [7, 11) is 1.47. The number of methoxy groups -OCH3 is 1. The van der Waals surface area contributed by atoms with Gasteiger partial charge in [-0.3, -0.25) is 0 Å². The predicted octanol–water partition coefficient (Wildman–Crippen LogP) is 3.52. The van der Waals surface area contributed by atoms with Crippen molar-refractivity contribution in [2.45, 2.75) is 13.3 Å². The first-order valence-corrected chi connectivity index (χ1v) is 10.9. The Bertz CT molecular complexity index is 1510. The number of benzene rings is 2. The van der Waals surface area contributed by atoms with Crippen molar-refractivity contribution < 1.29 is 19.0 Å². The fraction of sp³-hybridized carbons (Fsp3) is 0.280. The third kappa shape index (κ3) is 3.58. The average molecular weight is 458 g/mol. The Morgan fingerprint density at radius 2 is 2.03 bits per heavy atom. The molecule has 1 fully saturated rings. The van der Waals surface area contributed by atoms with Gasteiger partial charge >= 0.3 is 11.6 Å². The van der Waals surface area contributed by atoms with E-state index in [0.29, 0.717) is 65.1 Å². The number of phenols is 1. The molecule has 1 saturated heterocycles. The highest BCUT2D eigenvalue weighted by Crippen LogP contribution is 2.38. The number of phenolic OH excluding ortho intramolecular Hbond substituents is 1. The second-order valence-corrected chi connectivity index (χ2v) is 8.06. The van der Waals surface area contributed by atoms with Crippen LogP contribution >= 0.6 is 0 Å². The number of nitrogens with zero attached hydrogens (tertiary/aromatic N) is 4. The van der Waals surface area contributed by atoms with E-state index in [1.165, 1.54) is 13.2 Å². The molecule has 9 nitrogen and oxygen atoms in total. The van der Waals surface area contributed by atoms with E-state index in [0.717, 1.165) is 6.42 Å². The van der Waals surface area contributed by atoms with Crippen LogP contribution in [0.4, 0.5) is 5.82 Å². The molecule has 4 aromatic rings. The number of aryl methyl sites for hydroxylation is 1. The first-order valence-electron chi connectivity index (χ1n) is 10.9. The number of hydrogen-bond donors (Lipinski definition) is 1. The van der Waals surface area contributed by atoms with Crippen molar-refractivity contribution in [3.63, 3.8) is 0 Å². The van der Waals surface area contributed by atoms with Gasteiger partial charge in [0.15, 0.2) is 5.82 Å². The highest BCUT2D eigenvalue weighted by molar-refractivity contribution is 6.03.